The number of aryl methyl sites for hydroxylation is 1. The maximum absolute atomic E-state index is 13.9. The third kappa shape index (κ3) is 5.34. The van der Waals surface area contributed by atoms with Gasteiger partial charge in [0.05, 0.1) is 36.3 Å². The summed E-state index contributed by atoms with van der Waals surface area (Å²) >= 11 is 0.930. The molecule has 3 aromatic rings. The Hall–Kier alpha value is -3.57. The first kappa shape index (κ1) is 27.5. The van der Waals surface area contributed by atoms with Gasteiger partial charge < -0.3 is 24.5 Å². The highest BCUT2D eigenvalue weighted by Gasteiger charge is 2.36. The van der Waals surface area contributed by atoms with E-state index < -0.39 is 28.9 Å². The van der Waals surface area contributed by atoms with Crippen LogP contribution >= 0.6 is 11.9 Å². The number of amides is 1. The summed E-state index contributed by atoms with van der Waals surface area (Å²) in [5.41, 5.74) is 0.121. The molecule has 1 amide bonds. The first-order chi connectivity index (χ1) is 18.3. The number of methoxy groups -OCH3 is 2. The summed E-state index contributed by atoms with van der Waals surface area (Å²) in [5, 5.41) is 11.4. The van der Waals surface area contributed by atoms with Crippen LogP contribution in [0.2, 0.25) is 0 Å². The molecule has 11 heteroatoms. The molecule has 1 saturated heterocycles. The molecule has 1 fully saturated rings. The third-order valence-electron chi connectivity index (χ3n) is 6.36. The topological polar surface area (TPSA) is 104 Å². The number of hydrogen-bond donors (Lipinski definition) is 3. The Morgan fingerprint density at radius 2 is 1.79 bits per heavy atom. The van der Waals surface area contributed by atoms with Crippen LogP contribution in [0.3, 0.4) is 0 Å². The molecule has 1 aromatic heterocycles. The van der Waals surface area contributed by atoms with Crippen molar-refractivity contribution in [3.8, 4) is 28.4 Å². The van der Waals surface area contributed by atoms with E-state index in [4.69, 9.17) is 9.47 Å². The molecule has 4 rings (SSSR count). The summed E-state index contributed by atoms with van der Waals surface area (Å²) in [6.45, 7) is 2.44. The van der Waals surface area contributed by atoms with Gasteiger partial charge in [-0.25, -0.2) is 8.78 Å². The van der Waals surface area contributed by atoms with Crippen molar-refractivity contribution in [2.75, 3.05) is 27.3 Å². The van der Waals surface area contributed by atoms with Crippen molar-refractivity contribution in [1.82, 2.24) is 14.6 Å². The first-order valence-electron chi connectivity index (χ1n) is 12.2. The Morgan fingerprint density at radius 3 is 2.42 bits per heavy atom. The summed E-state index contributed by atoms with van der Waals surface area (Å²) in [7, 11) is 2.97. The number of H-pyrrole nitrogens is 1. The molecule has 38 heavy (non-hydrogen) atoms. The number of aromatic nitrogens is 1. The van der Waals surface area contributed by atoms with Crippen molar-refractivity contribution < 1.29 is 28.2 Å². The SMILES string of the molecule is CCCCc1[nH]c(=O)c(C(=O)N2CC(NSc3cccc(F)c3F)C2)c(O)c1-c1c(OC)cccc1OC. The Bertz CT molecular complexity index is 1370. The summed E-state index contributed by atoms with van der Waals surface area (Å²) in [6.07, 6.45) is 2.07. The zero-order valence-corrected chi connectivity index (χ0v) is 22.1. The minimum absolute atomic E-state index is 0.0990. The highest BCUT2D eigenvalue weighted by Crippen LogP contribution is 2.45. The number of aromatic hydroxyl groups is 1. The number of pyridine rings is 1. The van der Waals surface area contributed by atoms with Crippen LogP contribution in [-0.4, -0.2) is 54.2 Å². The molecule has 202 valence electrons. The number of rotatable bonds is 10. The van der Waals surface area contributed by atoms with Gasteiger partial charge >= 0.3 is 0 Å². The fourth-order valence-corrected chi connectivity index (χ4v) is 5.11. The van der Waals surface area contributed by atoms with Crippen LogP contribution in [0.25, 0.3) is 11.1 Å². The fraction of sp³-hybridized carbons (Fsp3) is 0.333. The Kier molecular flexibility index (Phi) is 8.58. The number of likely N-dealkylation sites (tertiary alicyclic amines) is 1. The summed E-state index contributed by atoms with van der Waals surface area (Å²) in [5.74, 6) is -2.14. The van der Waals surface area contributed by atoms with Gasteiger partial charge in [0, 0.05) is 18.8 Å². The van der Waals surface area contributed by atoms with Gasteiger partial charge in [-0.3, -0.25) is 14.3 Å². The van der Waals surface area contributed by atoms with Crippen LogP contribution in [-0.2, 0) is 6.42 Å². The van der Waals surface area contributed by atoms with Gasteiger partial charge in [0.15, 0.2) is 11.6 Å². The lowest BCUT2D eigenvalue weighted by Crippen LogP contribution is -2.58. The quantitative estimate of drug-likeness (QED) is 0.322. The fourth-order valence-electron chi connectivity index (χ4n) is 4.33. The van der Waals surface area contributed by atoms with Crippen LogP contribution in [0.1, 0.15) is 35.8 Å². The van der Waals surface area contributed by atoms with E-state index in [1.165, 1.54) is 31.3 Å². The number of carbonyl (C=O) groups is 1. The molecular weight excluding hydrogens is 516 g/mol. The third-order valence-corrected chi connectivity index (χ3v) is 7.35. The molecule has 0 spiro atoms. The number of hydrogen-bond acceptors (Lipinski definition) is 7. The van der Waals surface area contributed by atoms with Crippen LogP contribution in [0.15, 0.2) is 46.1 Å². The van der Waals surface area contributed by atoms with E-state index in [1.54, 1.807) is 18.2 Å². The zero-order valence-electron chi connectivity index (χ0n) is 21.3. The average molecular weight is 546 g/mol. The van der Waals surface area contributed by atoms with Crippen molar-refractivity contribution in [1.29, 1.82) is 0 Å². The molecule has 0 radical (unpaired) electrons. The van der Waals surface area contributed by atoms with E-state index in [1.807, 2.05) is 6.92 Å². The maximum atomic E-state index is 13.9. The molecule has 2 heterocycles. The van der Waals surface area contributed by atoms with Gasteiger partial charge in [-0.2, -0.15) is 0 Å². The number of halogens is 2. The second-order valence-electron chi connectivity index (χ2n) is 8.85. The number of benzene rings is 2. The minimum atomic E-state index is -0.948. The average Bonchev–Trinajstić information content (AvgIpc) is 2.88. The van der Waals surface area contributed by atoms with Crippen LogP contribution in [0.5, 0.6) is 17.2 Å². The van der Waals surface area contributed by atoms with Crippen molar-refractivity contribution in [3.05, 3.63) is 69.6 Å². The highest BCUT2D eigenvalue weighted by atomic mass is 32.2. The Morgan fingerprint density at radius 1 is 1.13 bits per heavy atom. The standard InChI is InChI=1S/C27H29F2N3O5S/c1-4-5-9-17-21(22-18(36-2)10-7-11-19(22)37-3)25(33)23(26(34)30-17)27(35)32-13-15(14-32)31-38-20-12-6-8-16(28)24(20)29/h6-8,10-12,15,31H,4-5,9,13-14H2,1-3H3,(H2,30,33,34). The van der Waals surface area contributed by atoms with Crippen molar-refractivity contribution >= 4 is 17.9 Å². The number of unbranched alkanes of at least 4 members (excludes halogenated alkanes) is 1. The molecule has 1 aliphatic heterocycles. The number of nitrogens with zero attached hydrogens (tertiary/aromatic N) is 1. The van der Waals surface area contributed by atoms with Crippen LogP contribution in [0.4, 0.5) is 8.78 Å². The van der Waals surface area contributed by atoms with Crippen LogP contribution < -0.4 is 19.8 Å². The van der Waals surface area contributed by atoms with Crippen LogP contribution in [0, 0.1) is 11.6 Å². The monoisotopic (exact) mass is 545 g/mol. The molecule has 1 aliphatic rings. The molecule has 0 atom stereocenters. The molecule has 0 bridgehead atoms. The van der Waals surface area contributed by atoms with E-state index in [-0.39, 0.29) is 35.2 Å². The molecule has 0 aliphatic carbocycles. The van der Waals surface area contributed by atoms with E-state index in [0.717, 1.165) is 30.9 Å². The smallest absolute Gasteiger partial charge is 0.264 e. The second-order valence-corrected chi connectivity index (χ2v) is 9.73. The van der Waals surface area contributed by atoms with E-state index in [0.29, 0.717) is 29.2 Å². The highest BCUT2D eigenvalue weighted by molar-refractivity contribution is 7.97. The lowest BCUT2D eigenvalue weighted by Gasteiger charge is -2.39. The molecule has 8 nitrogen and oxygen atoms in total. The minimum Gasteiger partial charge on any atom is -0.506 e. The van der Waals surface area contributed by atoms with Gasteiger partial charge in [-0.05, 0) is 49.1 Å². The van der Waals surface area contributed by atoms with Gasteiger partial charge in [0.25, 0.3) is 11.5 Å². The number of carbonyl (C=O) groups excluding carboxylic acids is 1. The van der Waals surface area contributed by atoms with E-state index in [9.17, 15) is 23.5 Å². The molecule has 3 N–H and O–H groups in total. The van der Waals surface area contributed by atoms with E-state index in [2.05, 4.69) is 9.71 Å². The molecular formula is C27H29F2N3O5S. The zero-order chi connectivity index (χ0) is 27.4. The predicted molar refractivity (Wildman–Crippen MR) is 141 cm³/mol. The molecule has 0 unspecified atom stereocenters. The van der Waals surface area contributed by atoms with Crippen molar-refractivity contribution in [3.63, 3.8) is 0 Å². The van der Waals surface area contributed by atoms with Gasteiger partial charge in [0.2, 0.25) is 0 Å². The summed E-state index contributed by atoms with van der Waals surface area (Å²) in [6, 6.07) is 8.83. The summed E-state index contributed by atoms with van der Waals surface area (Å²) < 4.78 is 41.4. The predicted octanol–water partition coefficient (Wildman–Crippen LogP) is 4.51. The van der Waals surface area contributed by atoms with Crippen molar-refractivity contribution in [2.45, 2.75) is 37.1 Å². The normalized spacial score (nSPS) is 13.3. The molecule has 0 saturated carbocycles. The lowest BCUT2D eigenvalue weighted by atomic mass is 9.95. The number of ether oxygens (including phenoxy) is 2. The van der Waals surface area contributed by atoms with Gasteiger partial charge in [0.1, 0.15) is 22.8 Å². The molecule has 2 aromatic carbocycles. The first-order valence-corrected chi connectivity index (χ1v) is 13.0. The lowest BCUT2D eigenvalue weighted by molar-refractivity contribution is 0.0590. The Balaban J connectivity index is 1.62. The number of aromatic amines is 1. The van der Waals surface area contributed by atoms with Gasteiger partial charge in [-0.15, -0.1) is 0 Å². The van der Waals surface area contributed by atoms with Crippen molar-refractivity contribution in [2.24, 2.45) is 0 Å². The Labute approximate surface area is 223 Å². The van der Waals surface area contributed by atoms with Gasteiger partial charge in [-0.1, -0.05) is 25.5 Å². The largest absolute Gasteiger partial charge is 0.506 e. The number of nitrogens with one attached hydrogen (secondary N) is 2. The maximum Gasteiger partial charge on any atom is 0.264 e. The summed E-state index contributed by atoms with van der Waals surface area (Å²) in [4.78, 5) is 30.7. The second kappa shape index (κ2) is 11.9. The van der Waals surface area contributed by atoms with E-state index >= 15 is 0 Å².